The van der Waals surface area contributed by atoms with Crippen molar-refractivity contribution in [2.75, 3.05) is 5.32 Å². The van der Waals surface area contributed by atoms with Crippen LogP contribution in [0, 0.1) is 12.7 Å². The molecule has 19 heavy (non-hydrogen) atoms. The Morgan fingerprint density at radius 2 is 1.84 bits per heavy atom. The minimum absolute atomic E-state index is 0.183. The number of nitrogens with one attached hydrogen (secondary N) is 1. The Morgan fingerprint density at radius 1 is 1.11 bits per heavy atom. The molecule has 2 aromatic rings. The molecule has 0 aliphatic rings. The van der Waals surface area contributed by atoms with Gasteiger partial charge < -0.3 is 5.32 Å². The molecule has 0 bridgehead atoms. The van der Waals surface area contributed by atoms with Gasteiger partial charge in [-0.15, -0.1) is 0 Å². The first-order valence-corrected chi connectivity index (χ1v) is 6.75. The summed E-state index contributed by atoms with van der Waals surface area (Å²) in [5, 5.41) is 3.31. The number of anilines is 1. The molecule has 1 atom stereocenters. The Balaban J connectivity index is 2.09. The van der Waals surface area contributed by atoms with Crippen molar-refractivity contribution < 1.29 is 4.39 Å². The lowest BCUT2D eigenvalue weighted by Crippen LogP contribution is -2.22. The van der Waals surface area contributed by atoms with Crippen LogP contribution in [0.1, 0.15) is 24.5 Å². The van der Waals surface area contributed by atoms with E-state index in [4.69, 9.17) is 0 Å². The monoisotopic (exact) mass is 257 g/mol. The first kappa shape index (κ1) is 13.6. The van der Waals surface area contributed by atoms with Gasteiger partial charge in [0.2, 0.25) is 0 Å². The summed E-state index contributed by atoms with van der Waals surface area (Å²) in [7, 11) is 0. The third-order valence-corrected chi connectivity index (χ3v) is 3.30. The summed E-state index contributed by atoms with van der Waals surface area (Å²) < 4.78 is 13.7. The van der Waals surface area contributed by atoms with Crippen LogP contribution in [-0.4, -0.2) is 6.04 Å². The second kappa shape index (κ2) is 6.37. The molecule has 1 nitrogen and oxygen atoms in total. The summed E-state index contributed by atoms with van der Waals surface area (Å²) in [6.45, 7) is 4.09. The van der Waals surface area contributed by atoms with Gasteiger partial charge in [-0.25, -0.2) is 4.39 Å². The van der Waals surface area contributed by atoms with Gasteiger partial charge in [0.05, 0.1) is 5.69 Å². The van der Waals surface area contributed by atoms with Gasteiger partial charge in [-0.3, -0.25) is 0 Å². The quantitative estimate of drug-likeness (QED) is 0.827. The average molecular weight is 257 g/mol. The fourth-order valence-corrected chi connectivity index (χ4v) is 2.17. The van der Waals surface area contributed by atoms with Crippen molar-refractivity contribution >= 4 is 5.69 Å². The first-order chi connectivity index (χ1) is 9.19. The molecule has 0 radical (unpaired) electrons. The van der Waals surface area contributed by atoms with E-state index in [9.17, 15) is 4.39 Å². The van der Waals surface area contributed by atoms with Crippen LogP contribution in [0.2, 0.25) is 0 Å². The van der Waals surface area contributed by atoms with Crippen LogP contribution in [0.3, 0.4) is 0 Å². The first-order valence-electron chi connectivity index (χ1n) is 6.75. The maximum atomic E-state index is 13.7. The van der Waals surface area contributed by atoms with E-state index in [0.717, 1.165) is 18.4 Å². The second-order valence-corrected chi connectivity index (χ2v) is 4.92. The highest BCUT2D eigenvalue weighted by Crippen LogP contribution is 2.19. The molecule has 0 saturated heterocycles. The summed E-state index contributed by atoms with van der Waals surface area (Å²) in [4.78, 5) is 0. The highest BCUT2D eigenvalue weighted by molar-refractivity contribution is 5.48. The lowest BCUT2D eigenvalue weighted by Gasteiger charge is -2.19. The van der Waals surface area contributed by atoms with Gasteiger partial charge in [-0.2, -0.15) is 0 Å². The number of halogens is 1. The van der Waals surface area contributed by atoms with E-state index in [1.54, 1.807) is 6.07 Å². The standard InChI is InChI=1S/C17H20FN/c1-3-15(12-14-7-5-4-6-8-14)19-17-11-13(2)9-10-16(17)18/h4-11,15,19H,3,12H2,1-2H3. The molecule has 2 heteroatoms. The molecule has 2 aromatic carbocycles. The largest absolute Gasteiger partial charge is 0.380 e. The van der Waals surface area contributed by atoms with Crippen molar-refractivity contribution in [3.05, 3.63) is 65.5 Å². The van der Waals surface area contributed by atoms with E-state index in [1.807, 2.05) is 31.2 Å². The summed E-state index contributed by atoms with van der Waals surface area (Å²) in [5.74, 6) is -0.183. The molecule has 1 unspecified atom stereocenters. The van der Waals surface area contributed by atoms with Crippen molar-refractivity contribution in [3.63, 3.8) is 0 Å². The Labute approximate surface area is 114 Å². The van der Waals surface area contributed by atoms with Crippen molar-refractivity contribution in [2.45, 2.75) is 32.7 Å². The van der Waals surface area contributed by atoms with Crippen LogP contribution in [0.5, 0.6) is 0 Å². The summed E-state index contributed by atoms with van der Waals surface area (Å²) in [6.07, 6.45) is 1.87. The van der Waals surface area contributed by atoms with Gasteiger partial charge in [-0.05, 0) is 43.0 Å². The van der Waals surface area contributed by atoms with E-state index in [2.05, 4.69) is 24.4 Å². The molecule has 0 heterocycles. The molecule has 0 amide bonds. The van der Waals surface area contributed by atoms with Crippen LogP contribution in [-0.2, 0) is 6.42 Å². The van der Waals surface area contributed by atoms with Crippen molar-refractivity contribution in [3.8, 4) is 0 Å². The molecule has 0 saturated carbocycles. The molecule has 100 valence electrons. The fraction of sp³-hybridized carbons (Fsp3) is 0.294. The SMILES string of the molecule is CCC(Cc1ccccc1)Nc1cc(C)ccc1F. The maximum Gasteiger partial charge on any atom is 0.146 e. The molecular formula is C17H20FN. The molecule has 0 aliphatic heterocycles. The molecule has 0 spiro atoms. The molecule has 0 fully saturated rings. The van der Waals surface area contributed by atoms with E-state index >= 15 is 0 Å². The molecule has 0 aliphatic carbocycles. The highest BCUT2D eigenvalue weighted by Gasteiger charge is 2.10. The Hall–Kier alpha value is -1.83. The predicted octanol–water partition coefficient (Wildman–Crippen LogP) is 4.57. The van der Waals surface area contributed by atoms with Crippen LogP contribution in [0.4, 0.5) is 10.1 Å². The van der Waals surface area contributed by atoms with Gasteiger partial charge in [0.1, 0.15) is 5.82 Å². The molecule has 0 aromatic heterocycles. The summed E-state index contributed by atoms with van der Waals surface area (Å²) in [6, 6.07) is 15.7. The second-order valence-electron chi connectivity index (χ2n) is 4.92. The van der Waals surface area contributed by atoms with E-state index < -0.39 is 0 Å². The van der Waals surface area contributed by atoms with Crippen molar-refractivity contribution in [2.24, 2.45) is 0 Å². The Kier molecular flexibility index (Phi) is 4.56. The number of rotatable bonds is 5. The number of hydrogen-bond acceptors (Lipinski definition) is 1. The van der Waals surface area contributed by atoms with Gasteiger partial charge in [0.25, 0.3) is 0 Å². The highest BCUT2D eigenvalue weighted by atomic mass is 19.1. The topological polar surface area (TPSA) is 12.0 Å². The number of benzene rings is 2. The van der Waals surface area contributed by atoms with Crippen LogP contribution < -0.4 is 5.32 Å². The van der Waals surface area contributed by atoms with E-state index in [-0.39, 0.29) is 11.9 Å². The fourth-order valence-electron chi connectivity index (χ4n) is 2.17. The zero-order chi connectivity index (χ0) is 13.7. The Bertz CT molecular complexity index is 522. The van der Waals surface area contributed by atoms with E-state index in [1.165, 1.54) is 11.6 Å². The van der Waals surface area contributed by atoms with Crippen LogP contribution in [0.15, 0.2) is 48.5 Å². The number of hydrogen-bond donors (Lipinski definition) is 1. The smallest absolute Gasteiger partial charge is 0.146 e. The van der Waals surface area contributed by atoms with Crippen molar-refractivity contribution in [1.29, 1.82) is 0 Å². The average Bonchev–Trinajstić information content (AvgIpc) is 2.43. The third kappa shape index (κ3) is 3.82. The lowest BCUT2D eigenvalue weighted by molar-refractivity contribution is 0.618. The summed E-state index contributed by atoms with van der Waals surface area (Å²) >= 11 is 0. The van der Waals surface area contributed by atoms with Gasteiger partial charge in [0.15, 0.2) is 0 Å². The van der Waals surface area contributed by atoms with Crippen molar-refractivity contribution in [1.82, 2.24) is 0 Å². The molecular weight excluding hydrogens is 237 g/mol. The normalized spacial score (nSPS) is 12.2. The van der Waals surface area contributed by atoms with Gasteiger partial charge in [0, 0.05) is 6.04 Å². The Morgan fingerprint density at radius 3 is 2.53 bits per heavy atom. The van der Waals surface area contributed by atoms with Gasteiger partial charge >= 0.3 is 0 Å². The predicted molar refractivity (Wildman–Crippen MR) is 79.0 cm³/mol. The lowest BCUT2D eigenvalue weighted by atomic mass is 10.0. The minimum Gasteiger partial charge on any atom is -0.380 e. The third-order valence-electron chi connectivity index (χ3n) is 3.30. The van der Waals surface area contributed by atoms with Crippen LogP contribution in [0.25, 0.3) is 0 Å². The van der Waals surface area contributed by atoms with Crippen LogP contribution >= 0.6 is 0 Å². The number of aryl methyl sites for hydroxylation is 1. The van der Waals surface area contributed by atoms with Gasteiger partial charge in [-0.1, -0.05) is 43.3 Å². The maximum absolute atomic E-state index is 13.7. The zero-order valence-corrected chi connectivity index (χ0v) is 11.5. The molecule has 1 N–H and O–H groups in total. The minimum atomic E-state index is -0.183. The van der Waals surface area contributed by atoms with E-state index in [0.29, 0.717) is 5.69 Å². The molecule has 2 rings (SSSR count). The summed E-state index contributed by atoms with van der Waals surface area (Å²) in [5.41, 5.74) is 2.94. The zero-order valence-electron chi connectivity index (χ0n) is 11.5.